The van der Waals surface area contributed by atoms with Crippen LogP contribution in [0.2, 0.25) is 6.32 Å². The third kappa shape index (κ3) is 8.91. The summed E-state index contributed by atoms with van der Waals surface area (Å²) in [6, 6.07) is 0. The molecule has 1 fully saturated rings. The van der Waals surface area contributed by atoms with Crippen molar-refractivity contribution in [1.82, 2.24) is 16.0 Å². The number of amides is 3. The first-order valence-corrected chi connectivity index (χ1v) is 10.5. The first kappa shape index (κ1) is 26.2. The van der Waals surface area contributed by atoms with Gasteiger partial charge < -0.3 is 30.7 Å². The van der Waals surface area contributed by atoms with E-state index < -0.39 is 29.9 Å². The van der Waals surface area contributed by atoms with Crippen molar-refractivity contribution in [2.75, 3.05) is 6.54 Å². The third-order valence-corrected chi connectivity index (χ3v) is 4.93. The minimum Gasteiger partial charge on any atom is -0.444 e. The molecule has 1 aliphatic carbocycles. The Kier molecular flexibility index (Phi) is 8.74. The molecule has 30 heavy (non-hydrogen) atoms. The lowest BCUT2D eigenvalue weighted by Gasteiger charge is -2.33. The minimum absolute atomic E-state index is 0.0979. The SMILES string of the molecule is CC(=O)N[C@@]1(C(=O)NC(C)(C)C)C[C@H](CCB(O)O)[C@@H](CNC(=O)OC(C)(C)C)C1. The Bertz CT molecular complexity index is 629. The molecular weight excluding hydrogens is 389 g/mol. The van der Waals surface area contributed by atoms with Crippen molar-refractivity contribution in [3.8, 4) is 0 Å². The van der Waals surface area contributed by atoms with Crippen molar-refractivity contribution in [1.29, 1.82) is 0 Å². The first-order chi connectivity index (χ1) is 13.5. The summed E-state index contributed by atoms with van der Waals surface area (Å²) >= 11 is 0. The van der Waals surface area contributed by atoms with Gasteiger partial charge in [-0.15, -0.1) is 0 Å². The van der Waals surface area contributed by atoms with E-state index in [4.69, 9.17) is 4.74 Å². The van der Waals surface area contributed by atoms with E-state index in [0.29, 0.717) is 19.3 Å². The van der Waals surface area contributed by atoms with Gasteiger partial charge in [-0.05, 0) is 72.5 Å². The Morgan fingerprint density at radius 2 is 1.63 bits per heavy atom. The highest BCUT2D eigenvalue weighted by Gasteiger charge is 2.51. The van der Waals surface area contributed by atoms with E-state index in [1.807, 2.05) is 20.8 Å². The summed E-state index contributed by atoms with van der Waals surface area (Å²) in [4.78, 5) is 37.1. The van der Waals surface area contributed by atoms with Gasteiger partial charge in [0, 0.05) is 19.0 Å². The van der Waals surface area contributed by atoms with Crippen LogP contribution in [0.15, 0.2) is 0 Å². The van der Waals surface area contributed by atoms with Gasteiger partial charge in [-0.2, -0.15) is 0 Å². The number of nitrogens with one attached hydrogen (secondary N) is 3. The van der Waals surface area contributed by atoms with Gasteiger partial charge in [-0.1, -0.05) is 6.42 Å². The standard InChI is InChI=1S/C20H38BN3O6/c1-13(25)23-20(16(26)24-18(2,3)4)10-14(8-9-21(28)29)15(11-20)12-22-17(27)30-19(5,6)7/h14-15,28-29H,8-12H2,1-7H3,(H,22,27)(H,23,25)(H,24,26)/t14-,15+,20-/m0/s1. The van der Waals surface area contributed by atoms with Crippen LogP contribution in [0.3, 0.4) is 0 Å². The number of alkyl carbamates (subject to hydrolysis) is 1. The van der Waals surface area contributed by atoms with Gasteiger partial charge >= 0.3 is 13.2 Å². The second-order valence-electron chi connectivity index (χ2n) is 10.3. The van der Waals surface area contributed by atoms with E-state index in [9.17, 15) is 24.4 Å². The zero-order chi connectivity index (χ0) is 23.3. The Balaban J connectivity index is 3.03. The van der Waals surface area contributed by atoms with Gasteiger partial charge in [0.15, 0.2) is 0 Å². The number of carbonyl (C=O) groups excluding carboxylic acids is 3. The van der Waals surface area contributed by atoms with Gasteiger partial charge in [-0.3, -0.25) is 9.59 Å². The Hall–Kier alpha value is -1.81. The monoisotopic (exact) mass is 427 g/mol. The van der Waals surface area contributed by atoms with Crippen molar-refractivity contribution in [3.05, 3.63) is 0 Å². The van der Waals surface area contributed by atoms with Gasteiger partial charge in [0.2, 0.25) is 11.8 Å². The maximum atomic E-state index is 13.1. The van der Waals surface area contributed by atoms with Crippen LogP contribution in [0.4, 0.5) is 4.79 Å². The fraction of sp³-hybridized carbons (Fsp3) is 0.850. The lowest BCUT2D eigenvalue weighted by Crippen LogP contribution is -2.60. The number of hydrogen-bond acceptors (Lipinski definition) is 6. The summed E-state index contributed by atoms with van der Waals surface area (Å²) < 4.78 is 5.28. The largest absolute Gasteiger partial charge is 0.451 e. The topological polar surface area (TPSA) is 137 Å². The molecule has 1 saturated carbocycles. The van der Waals surface area contributed by atoms with Crippen LogP contribution in [-0.4, -0.2) is 58.3 Å². The second kappa shape index (κ2) is 10.0. The van der Waals surface area contributed by atoms with Crippen molar-refractivity contribution >= 4 is 25.0 Å². The average Bonchev–Trinajstić information content (AvgIpc) is 2.86. The number of hydrogen-bond donors (Lipinski definition) is 5. The van der Waals surface area contributed by atoms with E-state index in [0.717, 1.165) is 0 Å². The molecule has 5 N–H and O–H groups in total. The molecule has 0 heterocycles. The quantitative estimate of drug-likeness (QED) is 0.387. The van der Waals surface area contributed by atoms with Gasteiger partial charge in [0.05, 0.1) is 0 Å². The van der Waals surface area contributed by atoms with Crippen LogP contribution >= 0.6 is 0 Å². The average molecular weight is 427 g/mol. The fourth-order valence-corrected chi connectivity index (χ4v) is 3.92. The van der Waals surface area contributed by atoms with Crippen LogP contribution < -0.4 is 16.0 Å². The maximum absolute atomic E-state index is 13.1. The molecule has 0 spiro atoms. The van der Waals surface area contributed by atoms with Crippen molar-refractivity contribution in [2.45, 2.75) is 90.7 Å². The lowest BCUT2D eigenvalue weighted by atomic mass is 9.78. The predicted octanol–water partition coefficient (Wildman–Crippen LogP) is 1.19. The van der Waals surface area contributed by atoms with E-state index in [1.165, 1.54) is 6.92 Å². The summed E-state index contributed by atoms with van der Waals surface area (Å²) in [5.74, 6) is -0.839. The molecule has 172 valence electrons. The van der Waals surface area contributed by atoms with Crippen LogP contribution in [0.25, 0.3) is 0 Å². The van der Waals surface area contributed by atoms with Crippen molar-refractivity contribution in [3.63, 3.8) is 0 Å². The summed E-state index contributed by atoms with van der Waals surface area (Å²) in [5.41, 5.74) is -2.23. The molecule has 9 nitrogen and oxygen atoms in total. The number of carbonyl (C=O) groups is 3. The molecule has 10 heteroatoms. The van der Waals surface area contributed by atoms with Crippen molar-refractivity contribution < 1.29 is 29.2 Å². The summed E-state index contributed by atoms with van der Waals surface area (Å²) in [5, 5.41) is 27.1. The smallest absolute Gasteiger partial charge is 0.444 e. The molecule has 0 bridgehead atoms. The number of rotatable bonds is 7. The zero-order valence-electron chi connectivity index (χ0n) is 19.3. The van der Waals surface area contributed by atoms with Crippen LogP contribution in [-0.2, 0) is 14.3 Å². The Labute approximate surface area is 179 Å². The van der Waals surface area contributed by atoms with Gasteiger partial charge in [0.25, 0.3) is 0 Å². The lowest BCUT2D eigenvalue weighted by molar-refractivity contribution is -0.134. The molecular formula is C20H38BN3O6. The van der Waals surface area contributed by atoms with E-state index in [1.54, 1.807) is 20.8 Å². The predicted molar refractivity (Wildman–Crippen MR) is 115 cm³/mol. The van der Waals surface area contributed by atoms with E-state index >= 15 is 0 Å². The molecule has 3 atom stereocenters. The van der Waals surface area contributed by atoms with E-state index in [-0.39, 0.29) is 36.5 Å². The minimum atomic E-state index is -1.45. The maximum Gasteiger partial charge on any atom is 0.451 e. The van der Waals surface area contributed by atoms with Crippen molar-refractivity contribution in [2.24, 2.45) is 11.8 Å². The molecule has 0 aliphatic heterocycles. The highest BCUT2D eigenvalue weighted by molar-refractivity contribution is 6.40. The second-order valence-corrected chi connectivity index (χ2v) is 10.3. The van der Waals surface area contributed by atoms with Gasteiger partial charge in [-0.25, -0.2) is 4.79 Å². The highest BCUT2D eigenvalue weighted by Crippen LogP contribution is 2.42. The normalized spacial score (nSPS) is 24.2. The molecule has 3 amide bonds. The van der Waals surface area contributed by atoms with Crippen LogP contribution in [0.1, 0.15) is 67.7 Å². The summed E-state index contributed by atoms with van der Waals surface area (Å²) in [7, 11) is -1.45. The molecule has 0 radical (unpaired) electrons. The Morgan fingerprint density at radius 1 is 1.07 bits per heavy atom. The first-order valence-electron chi connectivity index (χ1n) is 10.5. The molecule has 1 aliphatic rings. The van der Waals surface area contributed by atoms with E-state index in [2.05, 4.69) is 16.0 Å². The molecule has 1 rings (SSSR count). The number of ether oxygens (including phenoxy) is 1. The third-order valence-electron chi connectivity index (χ3n) is 4.93. The van der Waals surface area contributed by atoms with Crippen LogP contribution in [0.5, 0.6) is 0 Å². The Morgan fingerprint density at radius 3 is 2.10 bits per heavy atom. The molecule has 0 unspecified atom stereocenters. The zero-order valence-corrected chi connectivity index (χ0v) is 19.3. The molecule has 0 aromatic heterocycles. The molecule has 0 aromatic rings. The fourth-order valence-electron chi connectivity index (χ4n) is 3.92. The van der Waals surface area contributed by atoms with Gasteiger partial charge in [0.1, 0.15) is 11.1 Å². The summed E-state index contributed by atoms with van der Waals surface area (Å²) in [6.45, 7) is 12.5. The highest BCUT2D eigenvalue weighted by atomic mass is 16.6. The summed E-state index contributed by atoms with van der Waals surface area (Å²) in [6.07, 6.45) is 0.713. The molecule has 0 aromatic carbocycles. The van der Waals surface area contributed by atoms with Crippen LogP contribution in [0, 0.1) is 11.8 Å². The molecule has 0 saturated heterocycles.